The molecule has 1 aliphatic carbocycles. The average molecular weight is 496 g/mol. The van der Waals surface area contributed by atoms with Crippen LogP contribution in [-0.4, -0.2) is 65.9 Å². The Morgan fingerprint density at radius 1 is 1.03 bits per heavy atom. The molecule has 3 aliphatic rings. The molecule has 6 nitrogen and oxygen atoms in total. The van der Waals surface area contributed by atoms with E-state index in [0.717, 1.165) is 63.8 Å². The minimum atomic E-state index is -0.739. The maximum Gasteiger partial charge on any atom is 0.404 e. The Balaban J connectivity index is 1.47. The molecule has 2 saturated heterocycles. The summed E-state index contributed by atoms with van der Waals surface area (Å²) in [4.78, 5) is 16.6. The molecule has 2 heterocycles. The van der Waals surface area contributed by atoms with E-state index in [1.807, 2.05) is 6.07 Å². The first-order chi connectivity index (χ1) is 17.4. The van der Waals surface area contributed by atoms with Gasteiger partial charge in [0.15, 0.2) is 0 Å². The number of benzene rings is 2. The summed E-state index contributed by atoms with van der Waals surface area (Å²) in [6.45, 7) is 4.83. The van der Waals surface area contributed by atoms with Crippen molar-refractivity contribution >= 4 is 6.09 Å². The standard InChI is InChI=1S/C29H38FN3O3/c30-24-9-4-8-23(16-24)29(20-33-18-25(34)19-33,26-10-5-11-27(26)36-28(31)35)22-12-14-32(15-13-22)17-21-6-2-1-3-7-21/h1-4,6-9,16,22,25-27,34H,5,10-15,17-20H2,(H2,31,35)/t26-,27-,29-/m0/s1. The first-order valence-electron chi connectivity index (χ1n) is 13.3. The predicted octanol–water partition coefficient (Wildman–Crippen LogP) is 3.92. The number of halogens is 1. The van der Waals surface area contributed by atoms with E-state index in [4.69, 9.17) is 10.5 Å². The molecule has 5 rings (SSSR count). The van der Waals surface area contributed by atoms with Crippen LogP contribution in [0.2, 0.25) is 0 Å². The molecule has 194 valence electrons. The number of ether oxygens (including phenoxy) is 1. The molecule has 3 atom stereocenters. The lowest BCUT2D eigenvalue weighted by Crippen LogP contribution is -2.61. The molecule has 3 N–H and O–H groups in total. The maximum absolute atomic E-state index is 14.7. The van der Waals surface area contributed by atoms with Crippen molar-refractivity contribution in [2.75, 3.05) is 32.7 Å². The van der Waals surface area contributed by atoms with E-state index in [9.17, 15) is 14.3 Å². The van der Waals surface area contributed by atoms with Crippen molar-refractivity contribution in [2.45, 2.75) is 56.3 Å². The fourth-order valence-corrected chi connectivity index (χ4v) is 7.16. The Morgan fingerprint density at radius 3 is 2.44 bits per heavy atom. The van der Waals surface area contributed by atoms with Gasteiger partial charge in [-0.2, -0.15) is 0 Å². The Labute approximate surface area is 213 Å². The Kier molecular flexibility index (Phi) is 7.60. The van der Waals surface area contributed by atoms with Gasteiger partial charge in [-0.1, -0.05) is 42.5 Å². The van der Waals surface area contributed by atoms with Gasteiger partial charge in [-0.25, -0.2) is 9.18 Å². The van der Waals surface area contributed by atoms with Crippen LogP contribution in [0, 0.1) is 17.7 Å². The van der Waals surface area contributed by atoms with Gasteiger partial charge in [0.2, 0.25) is 0 Å². The van der Waals surface area contributed by atoms with Crippen molar-refractivity contribution in [1.82, 2.24) is 9.80 Å². The molecule has 0 unspecified atom stereocenters. The number of likely N-dealkylation sites (tertiary alicyclic amines) is 2. The van der Waals surface area contributed by atoms with E-state index < -0.39 is 11.5 Å². The number of aliphatic hydroxyl groups excluding tert-OH is 1. The van der Waals surface area contributed by atoms with Crippen molar-refractivity contribution < 1.29 is 19.0 Å². The molecule has 36 heavy (non-hydrogen) atoms. The number of carbonyl (C=O) groups is 1. The number of nitrogens with zero attached hydrogens (tertiary/aromatic N) is 2. The van der Waals surface area contributed by atoms with Crippen molar-refractivity contribution in [3.8, 4) is 0 Å². The highest BCUT2D eigenvalue weighted by molar-refractivity contribution is 5.65. The molecule has 0 bridgehead atoms. The Morgan fingerprint density at radius 2 is 1.78 bits per heavy atom. The molecule has 0 radical (unpaired) electrons. The van der Waals surface area contributed by atoms with Gasteiger partial charge in [0.25, 0.3) is 0 Å². The number of nitrogens with two attached hydrogens (primary N) is 1. The smallest absolute Gasteiger partial charge is 0.404 e. The molecular weight excluding hydrogens is 457 g/mol. The van der Waals surface area contributed by atoms with Crippen LogP contribution in [-0.2, 0) is 16.7 Å². The van der Waals surface area contributed by atoms with Crippen molar-refractivity contribution in [2.24, 2.45) is 17.6 Å². The van der Waals surface area contributed by atoms with Gasteiger partial charge in [-0.15, -0.1) is 0 Å². The second-order valence-electron chi connectivity index (χ2n) is 10.9. The third kappa shape index (κ3) is 5.29. The Bertz CT molecular complexity index is 1020. The van der Waals surface area contributed by atoms with Crippen LogP contribution in [0.5, 0.6) is 0 Å². The van der Waals surface area contributed by atoms with E-state index in [0.29, 0.717) is 19.0 Å². The molecule has 1 amide bonds. The molecule has 7 heteroatoms. The number of hydrogen-bond acceptors (Lipinski definition) is 5. The maximum atomic E-state index is 14.7. The molecule has 0 spiro atoms. The zero-order valence-corrected chi connectivity index (χ0v) is 20.9. The highest BCUT2D eigenvalue weighted by Gasteiger charge is 2.54. The molecule has 0 aromatic heterocycles. The quantitative estimate of drug-likeness (QED) is 0.581. The first kappa shape index (κ1) is 25.2. The van der Waals surface area contributed by atoms with Crippen LogP contribution < -0.4 is 5.73 Å². The van der Waals surface area contributed by atoms with Gasteiger partial charge in [-0.05, 0) is 74.4 Å². The van der Waals surface area contributed by atoms with Gasteiger partial charge in [0.05, 0.1) is 6.10 Å². The fraction of sp³-hybridized carbons (Fsp3) is 0.552. The third-order valence-corrected chi connectivity index (χ3v) is 8.73. The molecule has 2 aromatic rings. The summed E-state index contributed by atoms with van der Waals surface area (Å²) in [5.41, 5.74) is 7.40. The van der Waals surface area contributed by atoms with Crippen LogP contribution in [0.1, 0.15) is 43.2 Å². The van der Waals surface area contributed by atoms with Gasteiger partial charge in [0, 0.05) is 37.5 Å². The van der Waals surface area contributed by atoms with E-state index in [2.05, 4.69) is 40.1 Å². The number of primary amides is 1. The lowest BCUT2D eigenvalue weighted by atomic mass is 9.58. The number of aliphatic hydroxyl groups is 1. The number of rotatable bonds is 8. The minimum absolute atomic E-state index is 0.0511. The summed E-state index contributed by atoms with van der Waals surface area (Å²) in [6.07, 6.45) is 3.28. The monoisotopic (exact) mass is 495 g/mol. The highest BCUT2D eigenvalue weighted by Crippen LogP contribution is 2.52. The predicted molar refractivity (Wildman–Crippen MR) is 137 cm³/mol. The lowest BCUT2D eigenvalue weighted by molar-refractivity contribution is -0.0517. The highest BCUT2D eigenvalue weighted by atomic mass is 19.1. The molecular formula is C29H38FN3O3. The van der Waals surface area contributed by atoms with Gasteiger partial charge >= 0.3 is 6.09 Å². The van der Waals surface area contributed by atoms with Gasteiger partial charge in [-0.3, -0.25) is 9.80 Å². The first-order valence-corrected chi connectivity index (χ1v) is 13.3. The zero-order valence-electron chi connectivity index (χ0n) is 20.9. The summed E-state index contributed by atoms with van der Waals surface area (Å²) in [6, 6.07) is 17.6. The number of amides is 1. The van der Waals surface area contributed by atoms with Crippen LogP contribution in [0.15, 0.2) is 54.6 Å². The van der Waals surface area contributed by atoms with Crippen LogP contribution in [0.25, 0.3) is 0 Å². The summed E-state index contributed by atoms with van der Waals surface area (Å²) >= 11 is 0. The summed E-state index contributed by atoms with van der Waals surface area (Å²) in [5, 5.41) is 10.1. The van der Waals surface area contributed by atoms with E-state index in [1.54, 1.807) is 12.1 Å². The Hall–Kier alpha value is -2.48. The number of carbonyl (C=O) groups excluding carboxylic acids is 1. The SMILES string of the molecule is NC(=O)O[C@H]1CCC[C@@H]1[C@](CN1CC(O)C1)(c1cccc(F)c1)C1CCN(Cc2ccccc2)CC1. The van der Waals surface area contributed by atoms with E-state index >= 15 is 0 Å². The van der Waals surface area contributed by atoms with Crippen LogP contribution in [0.3, 0.4) is 0 Å². The second-order valence-corrected chi connectivity index (χ2v) is 10.9. The van der Waals surface area contributed by atoms with Crippen molar-refractivity contribution in [1.29, 1.82) is 0 Å². The van der Waals surface area contributed by atoms with Gasteiger partial charge < -0.3 is 15.6 Å². The summed E-state index contributed by atoms with van der Waals surface area (Å²) in [5.74, 6) is 0.105. The van der Waals surface area contributed by atoms with E-state index in [1.165, 1.54) is 11.6 Å². The van der Waals surface area contributed by atoms with Crippen LogP contribution >= 0.6 is 0 Å². The fourth-order valence-electron chi connectivity index (χ4n) is 7.16. The minimum Gasteiger partial charge on any atom is -0.446 e. The number of hydrogen-bond donors (Lipinski definition) is 2. The number of β-amino-alcohol motifs (C(OH)–C–C–N with tert-alkyl or cyclic N) is 1. The second kappa shape index (κ2) is 10.9. The summed E-state index contributed by atoms with van der Waals surface area (Å²) in [7, 11) is 0. The average Bonchev–Trinajstić information content (AvgIpc) is 3.30. The van der Waals surface area contributed by atoms with Gasteiger partial charge in [0.1, 0.15) is 11.9 Å². The van der Waals surface area contributed by atoms with Crippen molar-refractivity contribution in [3.63, 3.8) is 0 Å². The summed E-state index contributed by atoms with van der Waals surface area (Å²) < 4.78 is 20.4. The molecule has 2 aromatic carbocycles. The normalized spacial score (nSPS) is 25.8. The van der Waals surface area contributed by atoms with Crippen LogP contribution in [0.4, 0.5) is 9.18 Å². The topological polar surface area (TPSA) is 79.0 Å². The number of piperidine rings is 1. The molecule has 2 aliphatic heterocycles. The van der Waals surface area contributed by atoms with Crippen molar-refractivity contribution in [3.05, 3.63) is 71.5 Å². The lowest BCUT2D eigenvalue weighted by Gasteiger charge is -2.54. The third-order valence-electron chi connectivity index (χ3n) is 8.73. The largest absolute Gasteiger partial charge is 0.446 e. The van der Waals surface area contributed by atoms with E-state index in [-0.39, 0.29) is 23.9 Å². The molecule has 3 fully saturated rings. The molecule has 1 saturated carbocycles. The zero-order chi connectivity index (χ0) is 25.1.